The summed E-state index contributed by atoms with van der Waals surface area (Å²) in [6, 6.07) is 160. The fourth-order valence-electron chi connectivity index (χ4n) is 18.7. The zero-order valence-electron chi connectivity index (χ0n) is 63.4. The number of nitrogens with zero attached hydrogens (tertiary/aromatic N) is 4. The molecule has 0 atom stereocenters. The van der Waals surface area contributed by atoms with Gasteiger partial charge in [0.05, 0.1) is 44.1 Å². The number of hydrogen-bond donors (Lipinski definition) is 0. The van der Waals surface area contributed by atoms with Gasteiger partial charge in [0.1, 0.15) is 0 Å². The van der Waals surface area contributed by atoms with Crippen molar-refractivity contribution in [1.82, 2.24) is 18.3 Å². The molecule has 0 radical (unpaired) electrons. The van der Waals surface area contributed by atoms with Crippen molar-refractivity contribution >= 4 is 130 Å². The van der Waals surface area contributed by atoms with Gasteiger partial charge in [-0.15, -0.1) is 0 Å². The summed E-state index contributed by atoms with van der Waals surface area (Å²) in [7, 11) is 0. The molecule has 4 nitrogen and oxygen atoms in total. The largest absolute Gasteiger partial charge is 0.309 e. The molecule has 0 saturated heterocycles. The second-order valence-electron chi connectivity index (χ2n) is 30.7. The van der Waals surface area contributed by atoms with Gasteiger partial charge in [-0.1, -0.05) is 303 Å². The molecule has 0 N–H and O–H groups in total. The Morgan fingerprint density at radius 1 is 0.112 bits per heavy atom. The van der Waals surface area contributed by atoms with Crippen LogP contribution in [0.4, 0.5) is 0 Å². The molecule has 4 heterocycles. The first-order valence-electron chi connectivity index (χ1n) is 40.0. The van der Waals surface area contributed by atoms with E-state index in [1.54, 1.807) is 0 Å². The molecule has 0 amide bonds. The molecule has 20 aromatic carbocycles. The number of hydrogen-bond acceptors (Lipinski definition) is 0. The number of benzene rings is 20. The molecule has 0 spiro atoms. The van der Waals surface area contributed by atoms with E-state index in [-0.39, 0.29) is 0 Å². The molecule has 116 heavy (non-hydrogen) atoms. The Labute approximate surface area is 670 Å². The van der Waals surface area contributed by atoms with Crippen LogP contribution in [0.2, 0.25) is 0 Å². The second-order valence-corrected chi connectivity index (χ2v) is 30.7. The van der Waals surface area contributed by atoms with Crippen LogP contribution in [0.1, 0.15) is 0 Å². The third kappa shape index (κ3) is 11.1. The zero-order chi connectivity index (χ0) is 76.3. The van der Waals surface area contributed by atoms with Crippen LogP contribution in [0, 0.1) is 0 Å². The van der Waals surface area contributed by atoms with Gasteiger partial charge in [0.25, 0.3) is 0 Å². The third-order valence-corrected chi connectivity index (χ3v) is 24.1. The molecule has 0 aliphatic rings. The van der Waals surface area contributed by atoms with Gasteiger partial charge >= 0.3 is 0 Å². The van der Waals surface area contributed by atoms with Crippen LogP contribution in [0.25, 0.3) is 220 Å². The fourth-order valence-corrected chi connectivity index (χ4v) is 18.7. The van der Waals surface area contributed by atoms with E-state index in [1.165, 1.54) is 208 Å². The lowest BCUT2D eigenvalue weighted by Crippen LogP contribution is -1.97. The molecule has 0 unspecified atom stereocenters. The van der Waals surface area contributed by atoms with E-state index >= 15 is 0 Å². The Kier molecular flexibility index (Phi) is 15.6. The quantitative estimate of drug-likeness (QED) is 0.130. The Bertz CT molecular complexity index is 7880. The van der Waals surface area contributed by atoms with Crippen molar-refractivity contribution in [3.63, 3.8) is 0 Å². The lowest BCUT2D eigenvalue weighted by Gasteiger charge is -2.16. The molecule has 0 fully saturated rings. The van der Waals surface area contributed by atoms with Crippen molar-refractivity contribution in [3.8, 4) is 89.5 Å². The lowest BCUT2D eigenvalue weighted by molar-refractivity contribution is 1.18. The first kappa shape index (κ1) is 66.4. The third-order valence-electron chi connectivity index (χ3n) is 24.1. The zero-order valence-corrected chi connectivity index (χ0v) is 63.4. The van der Waals surface area contributed by atoms with Crippen molar-refractivity contribution in [2.75, 3.05) is 0 Å². The van der Waals surface area contributed by atoms with Crippen LogP contribution in [-0.2, 0) is 0 Å². The molecule has 24 rings (SSSR count). The van der Waals surface area contributed by atoms with E-state index < -0.39 is 0 Å². The maximum absolute atomic E-state index is 2.48. The number of rotatable bonds is 10. The van der Waals surface area contributed by atoms with Crippen LogP contribution >= 0.6 is 0 Å². The van der Waals surface area contributed by atoms with E-state index in [2.05, 4.69) is 455 Å². The lowest BCUT2D eigenvalue weighted by atomic mass is 9.92. The van der Waals surface area contributed by atoms with Crippen molar-refractivity contribution in [1.29, 1.82) is 0 Å². The van der Waals surface area contributed by atoms with E-state index in [4.69, 9.17) is 0 Å². The topological polar surface area (TPSA) is 19.7 Å². The summed E-state index contributed by atoms with van der Waals surface area (Å²) in [5.41, 5.74) is 28.6. The standard InChI is InChI=1S/2C56H36N2/c1-2-18-43(19-3-1)57-54-27-11-9-23-50(54)52-35-39(29-31-55(52)57)40-28-30-51-49-22-8-10-26-53(49)58(56(51)36-40)44-33-41(47-24-12-16-37-14-4-6-20-45(37)47)32-42(34-44)48-25-13-17-38-15-5-7-21-46(38)48;1-2-16-47(17-3-1)57-54-21-11-9-19-50(54)52-35-43(27-29-55(52)57)44-26-28-51-49-18-8-10-20-53(49)58(56(51)36-44)48-33-45(41-24-22-37-12-4-6-14-39(37)30-41)32-46(34-48)42-25-23-38-13-5-7-15-40(38)31-42/h2*1-36H. The van der Waals surface area contributed by atoms with E-state index in [0.717, 1.165) is 11.4 Å². The van der Waals surface area contributed by atoms with Crippen LogP contribution in [-0.4, -0.2) is 18.3 Å². The Hall–Kier alpha value is -15.4. The second kappa shape index (κ2) is 27.2. The first-order valence-corrected chi connectivity index (χ1v) is 40.0. The van der Waals surface area contributed by atoms with Crippen LogP contribution in [0.3, 0.4) is 0 Å². The van der Waals surface area contributed by atoms with Gasteiger partial charge in [0.2, 0.25) is 0 Å². The Balaban J connectivity index is 0.000000137. The van der Waals surface area contributed by atoms with Crippen molar-refractivity contribution in [2.45, 2.75) is 0 Å². The highest BCUT2D eigenvalue weighted by Gasteiger charge is 2.22. The predicted octanol–water partition coefficient (Wildman–Crippen LogP) is 30.4. The molecule has 540 valence electrons. The highest BCUT2D eigenvalue weighted by Crippen LogP contribution is 2.45. The summed E-state index contributed by atoms with van der Waals surface area (Å²) in [5, 5.41) is 19.9. The van der Waals surface area contributed by atoms with Gasteiger partial charge in [0, 0.05) is 65.8 Å². The minimum atomic E-state index is 1.14. The van der Waals surface area contributed by atoms with Gasteiger partial charge in [-0.3, -0.25) is 0 Å². The first-order chi connectivity index (χ1) is 57.5. The minimum absolute atomic E-state index is 1.14. The summed E-state index contributed by atoms with van der Waals surface area (Å²) < 4.78 is 9.72. The number of aromatic nitrogens is 4. The van der Waals surface area contributed by atoms with Crippen molar-refractivity contribution in [2.24, 2.45) is 0 Å². The summed E-state index contributed by atoms with van der Waals surface area (Å²) in [4.78, 5) is 0. The predicted molar refractivity (Wildman–Crippen MR) is 493 cm³/mol. The summed E-state index contributed by atoms with van der Waals surface area (Å²) >= 11 is 0. The fraction of sp³-hybridized carbons (Fsp3) is 0. The van der Waals surface area contributed by atoms with Crippen LogP contribution in [0.5, 0.6) is 0 Å². The molecule has 0 saturated carbocycles. The molecule has 0 aliphatic heterocycles. The molecule has 0 aliphatic carbocycles. The van der Waals surface area contributed by atoms with Gasteiger partial charge in [0.15, 0.2) is 0 Å². The SMILES string of the molecule is c1ccc(-n2c3ccccc3c3cc(-c4ccc5c6ccccc6n(-c6cc(-c7ccc8ccccc8c7)cc(-c7ccc8ccccc8c7)c6)c5c4)ccc32)cc1.c1ccc(-n2c3ccccc3c3cc(-c4ccc5c6ccccc6n(-c6cc(-c7cccc8ccccc78)cc(-c7cccc8ccccc78)c6)c5c4)ccc32)cc1. The van der Waals surface area contributed by atoms with Gasteiger partial charge in [-0.05, 0) is 243 Å². The van der Waals surface area contributed by atoms with Crippen molar-refractivity contribution in [3.05, 3.63) is 437 Å². The van der Waals surface area contributed by atoms with Gasteiger partial charge in [-0.2, -0.15) is 0 Å². The van der Waals surface area contributed by atoms with E-state index in [9.17, 15) is 0 Å². The normalized spacial score (nSPS) is 11.8. The highest BCUT2D eigenvalue weighted by atomic mass is 15.0. The average Bonchev–Trinajstić information content (AvgIpc) is 1.59. The van der Waals surface area contributed by atoms with E-state index in [0.29, 0.717) is 0 Å². The molecule has 4 aromatic heterocycles. The van der Waals surface area contributed by atoms with Gasteiger partial charge in [-0.25, -0.2) is 0 Å². The summed E-state index contributed by atoms with van der Waals surface area (Å²) in [5.74, 6) is 0. The number of para-hydroxylation sites is 6. The minimum Gasteiger partial charge on any atom is -0.309 e. The molecule has 0 bridgehead atoms. The van der Waals surface area contributed by atoms with E-state index in [1.807, 2.05) is 0 Å². The Morgan fingerprint density at radius 3 is 0.810 bits per heavy atom. The molecule has 24 aromatic rings. The molecular weight excluding hydrogens is 1400 g/mol. The maximum atomic E-state index is 2.48. The monoisotopic (exact) mass is 1470 g/mol. The number of fused-ring (bicyclic) bond motifs is 16. The molecule has 4 heteroatoms. The van der Waals surface area contributed by atoms with Gasteiger partial charge < -0.3 is 18.3 Å². The average molecular weight is 1470 g/mol. The van der Waals surface area contributed by atoms with Crippen LogP contribution in [0.15, 0.2) is 437 Å². The van der Waals surface area contributed by atoms with Crippen molar-refractivity contribution < 1.29 is 0 Å². The van der Waals surface area contributed by atoms with Crippen LogP contribution < -0.4 is 0 Å². The summed E-state index contributed by atoms with van der Waals surface area (Å²) in [6.07, 6.45) is 0. The smallest absolute Gasteiger partial charge is 0.0547 e. The summed E-state index contributed by atoms with van der Waals surface area (Å²) in [6.45, 7) is 0. The highest BCUT2D eigenvalue weighted by molar-refractivity contribution is 6.16. The molecular formula is C112H72N4. The Morgan fingerprint density at radius 2 is 0.388 bits per heavy atom. The maximum Gasteiger partial charge on any atom is 0.0547 e.